The summed E-state index contributed by atoms with van der Waals surface area (Å²) in [7, 11) is 1.72. The van der Waals surface area contributed by atoms with Gasteiger partial charge in [0.2, 0.25) is 5.16 Å². The molecule has 11 heteroatoms. The molecule has 5 rings (SSSR count). The highest BCUT2D eigenvalue weighted by Crippen LogP contribution is 2.40. The number of aryl methyl sites for hydroxylation is 1. The quantitative estimate of drug-likeness (QED) is 0.212. The lowest BCUT2D eigenvalue weighted by Gasteiger charge is -2.42. The molecule has 1 fully saturated rings. The third-order valence-corrected chi connectivity index (χ3v) is 7.81. The first-order valence-corrected chi connectivity index (χ1v) is 12.4. The SMILES string of the molecule is Cn1nnnc1SCC1=C(C(=O)OC(c2ccccc2)c2ccccc2)N2C(=O)C(=O)[C@H]2SC1. The summed E-state index contributed by atoms with van der Waals surface area (Å²) in [4.78, 5) is 39.4. The van der Waals surface area contributed by atoms with Crippen molar-refractivity contribution in [2.24, 2.45) is 7.05 Å². The van der Waals surface area contributed by atoms with Crippen LogP contribution in [0.3, 0.4) is 0 Å². The molecule has 0 spiro atoms. The van der Waals surface area contributed by atoms with E-state index in [2.05, 4.69) is 15.5 Å². The number of tetrazole rings is 1. The van der Waals surface area contributed by atoms with Crippen molar-refractivity contribution in [1.29, 1.82) is 0 Å². The first-order valence-electron chi connectivity index (χ1n) is 10.4. The molecule has 3 aromatic rings. The van der Waals surface area contributed by atoms with Crippen LogP contribution in [-0.2, 0) is 26.2 Å². The van der Waals surface area contributed by atoms with Gasteiger partial charge in [0.25, 0.3) is 11.7 Å². The Balaban J connectivity index is 1.48. The summed E-state index contributed by atoms with van der Waals surface area (Å²) in [6, 6.07) is 18.8. The summed E-state index contributed by atoms with van der Waals surface area (Å²) >= 11 is 2.67. The van der Waals surface area contributed by atoms with Crippen LogP contribution in [0.15, 0.2) is 77.1 Å². The third kappa shape index (κ3) is 4.12. The number of amides is 1. The molecule has 0 radical (unpaired) electrons. The van der Waals surface area contributed by atoms with Crippen LogP contribution in [0.1, 0.15) is 17.2 Å². The highest BCUT2D eigenvalue weighted by molar-refractivity contribution is 8.01. The van der Waals surface area contributed by atoms with Crippen LogP contribution in [0.2, 0.25) is 0 Å². The molecule has 0 saturated carbocycles. The van der Waals surface area contributed by atoms with Gasteiger partial charge in [0.1, 0.15) is 5.70 Å². The van der Waals surface area contributed by atoms with Crippen molar-refractivity contribution < 1.29 is 19.1 Å². The van der Waals surface area contributed by atoms with Crippen LogP contribution >= 0.6 is 23.5 Å². The summed E-state index contributed by atoms with van der Waals surface area (Å²) < 4.78 is 7.55. The van der Waals surface area contributed by atoms with E-state index in [1.807, 2.05) is 60.7 Å². The maximum Gasteiger partial charge on any atom is 0.356 e. The molecule has 2 aliphatic rings. The van der Waals surface area contributed by atoms with E-state index < -0.39 is 29.1 Å². The van der Waals surface area contributed by atoms with Crippen LogP contribution in [0.5, 0.6) is 0 Å². The molecule has 172 valence electrons. The summed E-state index contributed by atoms with van der Waals surface area (Å²) in [6.07, 6.45) is -0.667. The predicted octanol–water partition coefficient (Wildman–Crippen LogP) is 2.37. The van der Waals surface area contributed by atoms with E-state index in [9.17, 15) is 14.4 Å². The Morgan fingerprint density at radius 1 is 1.12 bits per heavy atom. The van der Waals surface area contributed by atoms with Gasteiger partial charge in [0.05, 0.1) is 0 Å². The average Bonchev–Trinajstić information content (AvgIpc) is 3.30. The van der Waals surface area contributed by atoms with Gasteiger partial charge in [0, 0.05) is 18.6 Å². The number of benzene rings is 2. The molecule has 0 bridgehead atoms. The van der Waals surface area contributed by atoms with Crippen molar-refractivity contribution in [3.05, 3.63) is 83.1 Å². The van der Waals surface area contributed by atoms with E-state index in [4.69, 9.17) is 4.74 Å². The normalized spacial score (nSPS) is 17.6. The van der Waals surface area contributed by atoms with E-state index in [0.29, 0.717) is 22.2 Å². The zero-order valence-electron chi connectivity index (χ0n) is 18.0. The fraction of sp³-hybridized carbons (Fsp3) is 0.217. The summed E-state index contributed by atoms with van der Waals surface area (Å²) in [5.41, 5.74) is 2.43. The molecule has 1 atom stereocenters. The van der Waals surface area contributed by atoms with E-state index in [1.54, 1.807) is 7.05 Å². The van der Waals surface area contributed by atoms with Gasteiger partial charge in [-0.15, -0.1) is 16.9 Å². The zero-order valence-corrected chi connectivity index (χ0v) is 19.7. The number of carbonyl (C=O) groups excluding carboxylic acids is 3. The summed E-state index contributed by atoms with van der Waals surface area (Å²) in [6.45, 7) is 0. The largest absolute Gasteiger partial charge is 0.448 e. The Bertz CT molecular complexity index is 1240. The first-order chi connectivity index (χ1) is 16.5. The molecule has 34 heavy (non-hydrogen) atoms. The Morgan fingerprint density at radius 3 is 2.35 bits per heavy atom. The summed E-state index contributed by atoms with van der Waals surface area (Å²) in [5, 5.41) is 11.3. The van der Waals surface area contributed by atoms with Crippen molar-refractivity contribution in [1.82, 2.24) is 25.1 Å². The van der Waals surface area contributed by atoms with E-state index in [1.165, 1.54) is 33.1 Å². The van der Waals surface area contributed by atoms with Crippen LogP contribution < -0.4 is 0 Å². The molecule has 0 unspecified atom stereocenters. The molecule has 2 aliphatic heterocycles. The molecule has 1 aromatic heterocycles. The van der Waals surface area contributed by atoms with Crippen molar-refractivity contribution in [3.63, 3.8) is 0 Å². The number of Topliss-reactive ketones (excluding diaryl/α,β-unsaturated/α-hetero) is 1. The monoisotopic (exact) mass is 493 g/mol. The molecule has 1 saturated heterocycles. The number of aromatic nitrogens is 4. The number of thioether (sulfide) groups is 2. The second kappa shape index (κ2) is 9.43. The molecule has 3 heterocycles. The van der Waals surface area contributed by atoms with Gasteiger partial charge in [-0.3, -0.25) is 14.5 Å². The molecular weight excluding hydrogens is 474 g/mol. The van der Waals surface area contributed by atoms with Gasteiger partial charge < -0.3 is 4.74 Å². The van der Waals surface area contributed by atoms with Gasteiger partial charge in [-0.1, -0.05) is 72.4 Å². The van der Waals surface area contributed by atoms with Crippen molar-refractivity contribution in [2.75, 3.05) is 11.5 Å². The Morgan fingerprint density at radius 2 is 1.76 bits per heavy atom. The lowest BCUT2D eigenvalue weighted by molar-refractivity contribution is -0.158. The second-order valence-corrected chi connectivity index (χ2v) is 9.65. The number of esters is 1. The van der Waals surface area contributed by atoms with Crippen molar-refractivity contribution in [2.45, 2.75) is 16.6 Å². The smallest absolute Gasteiger partial charge is 0.356 e. The van der Waals surface area contributed by atoms with Crippen LogP contribution in [0, 0.1) is 0 Å². The minimum Gasteiger partial charge on any atom is -0.448 e. The number of hydrogen-bond donors (Lipinski definition) is 0. The van der Waals surface area contributed by atoms with Gasteiger partial charge in [-0.25, -0.2) is 9.48 Å². The predicted molar refractivity (Wildman–Crippen MR) is 125 cm³/mol. The Labute approximate surface area is 203 Å². The number of ether oxygens (including phenoxy) is 1. The minimum absolute atomic E-state index is 0.132. The third-order valence-electron chi connectivity index (χ3n) is 5.46. The Hall–Kier alpha value is -3.44. The molecule has 0 aliphatic carbocycles. The summed E-state index contributed by atoms with van der Waals surface area (Å²) in [5.74, 6) is -1.04. The van der Waals surface area contributed by atoms with Gasteiger partial charge in [-0.2, -0.15) is 0 Å². The highest BCUT2D eigenvalue weighted by Gasteiger charge is 2.53. The number of β-lactam (4-membered cyclic amide) rings is 1. The molecule has 0 N–H and O–H groups in total. The number of nitrogens with zero attached hydrogens (tertiary/aromatic N) is 5. The zero-order chi connectivity index (χ0) is 23.7. The number of carbonyl (C=O) groups is 3. The maximum atomic E-state index is 13.6. The fourth-order valence-corrected chi connectivity index (χ4v) is 5.95. The molecular formula is C23H19N5O4S2. The van der Waals surface area contributed by atoms with Crippen LogP contribution in [-0.4, -0.2) is 59.6 Å². The van der Waals surface area contributed by atoms with Crippen molar-refractivity contribution >= 4 is 41.2 Å². The van der Waals surface area contributed by atoms with Crippen LogP contribution in [0.4, 0.5) is 0 Å². The number of hydrogen-bond acceptors (Lipinski definition) is 9. The van der Waals surface area contributed by atoms with Crippen LogP contribution in [0.25, 0.3) is 0 Å². The van der Waals surface area contributed by atoms with E-state index in [0.717, 1.165) is 11.1 Å². The van der Waals surface area contributed by atoms with E-state index in [-0.39, 0.29) is 5.70 Å². The molecule has 2 aromatic carbocycles. The van der Waals surface area contributed by atoms with Gasteiger partial charge in [-0.05, 0) is 27.1 Å². The standard InChI is InChI=1S/C23H19N5O4S2/c1-27-23(24-25-26-27)34-13-16-12-33-21-18(29)20(30)28(21)17(16)22(31)32-19(14-8-4-2-5-9-14)15-10-6-3-7-11-15/h2-11,19,21H,12-13H2,1H3/t21-/m1/s1. The van der Waals surface area contributed by atoms with Gasteiger partial charge >= 0.3 is 5.97 Å². The number of rotatable bonds is 7. The molecule has 1 amide bonds. The number of fused-ring (bicyclic) bond motifs is 1. The van der Waals surface area contributed by atoms with E-state index >= 15 is 0 Å². The topological polar surface area (TPSA) is 107 Å². The lowest BCUT2D eigenvalue weighted by atomic mass is 10.0. The molecule has 9 nitrogen and oxygen atoms in total. The second-order valence-electron chi connectivity index (χ2n) is 7.64. The highest BCUT2D eigenvalue weighted by atomic mass is 32.2. The van der Waals surface area contributed by atoms with Crippen molar-refractivity contribution in [3.8, 4) is 0 Å². The minimum atomic E-state index is -0.692. The van der Waals surface area contributed by atoms with Gasteiger partial charge in [0.15, 0.2) is 11.5 Å². The lowest BCUT2D eigenvalue weighted by Crippen LogP contribution is -2.62. The number of ketones is 1. The Kier molecular flexibility index (Phi) is 6.20. The average molecular weight is 494 g/mol. The fourth-order valence-electron chi connectivity index (χ4n) is 3.76. The first kappa shape index (κ1) is 22.4. The maximum absolute atomic E-state index is 13.6.